The van der Waals surface area contributed by atoms with Crippen molar-refractivity contribution in [2.24, 2.45) is 5.41 Å². The zero-order valence-electron chi connectivity index (χ0n) is 9.17. The molecule has 1 aliphatic carbocycles. The molecule has 1 aromatic rings. The molecule has 1 heterocycles. The Balaban J connectivity index is 2.53. The molecular weight excluding hydrogens is 186 g/mol. The lowest BCUT2D eigenvalue weighted by atomic mass is 9.74. The number of fused-ring (bicyclic) bond motifs is 1. The van der Waals surface area contributed by atoms with Crippen LogP contribution >= 0.6 is 0 Å². The summed E-state index contributed by atoms with van der Waals surface area (Å²) in [6.45, 7) is 4.50. The second-order valence-corrected chi connectivity index (χ2v) is 4.98. The average Bonchev–Trinajstić information content (AvgIpc) is 2.17. The second kappa shape index (κ2) is 3.23. The average molecular weight is 201 g/mol. The maximum Gasteiger partial charge on any atom is 0.141 e. The summed E-state index contributed by atoms with van der Waals surface area (Å²) in [6, 6.07) is 2.16. The molecule has 0 aliphatic heterocycles. The van der Waals surface area contributed by atoms with Crippen molar-refractivity contribution in [3.05, 3.63) is 22.9 Å². The summed E-state index contributed by atoms with van der Waals surface area (Å²) in [5, 5.41) is 9.03. The van der Waals surface area contributed by atoms with Crippen LogP contribution in [0.5, 0.6) is 0 Å². The first kappa shape index (κ1) is 9.97. The minimum atomic E-state index is 0.317. The number of nitrogen functional groups attached to an aromatic ring is 1. The Bertz CT molecular complexity index is 441. The van der Waals surface area contributed by atoms with E-state index in [0.717, 1.165) is 24.8 Å². The number of nitrogens with two attached hydrogens (primary N) is 1. The van der Waals surface area contributed by atoms with E-state index in [4.69, 9.17) is 11.0 Å². The van der Waals surface area contributed by atoms with Crippen LogP contribution < -0.4 is 5.73 Å². The van der Waals surface area contributed by atoms with Crippen molar-refractivity contribution in [1.29, 1.82) is 5.26 Å². The Morgan fingerprint density at radius 1 is 1.53 bits per heavy atom. The quantitative estimate of drug-likeness (QED) is 0.698. The standard InChI is InChI=1S/C12H15N3/c1-12(2)4-3-9-8(5-12)7-15-11(14)10(9)6-13/h7H,3-5H2,1-2H3,(H2,14,15). The van der Waals surface area contributed by atoms with Gasteiger partial charge in [0.15, 0.2) is 0 Å². The van der Waals surface area contributed by atoms with Gasteiger partial charge < -0.3 is 5.73 Å². The minimum absolute atomic E-state index is 0.317. The van der Waals surface area contributed by atoms with Crippen LogP contribution in [-0.2, 0) is 12.8 Å². The van der Waals surface area contributed by atoms with Crippen LogP contribution in [0.2, 0.25) is 0 Å². The molecule has 2 N–H and O–H groups in total. The van der Waals surface area contributed by atoms with E-state index < -0.39 is 0 Å². The third kappa shape index (κ3) is 1.68. The summed E-state index contributed by atoms with van der Waals surface area (Å²) in [7, 11) is 0. The van der Waals surface area contributed by atoms with E-state index in [-0.39, 0.29) is 0 Å². The molecule has 0 spiro atoms. The van der Waals surface area contributed by atoms with E-state index in [1.807, 2.05) is 6.20 Å². The molecule has 0 fully saturated rings. The highest BCUT2D eigenvalue weighted by Gasteiger charge is 2.27. The van der Waals surface area contributed by atoms with E-state index in [1.165, 1.54) is 5.56 Å². The molecule has 0 bridgehead atoms. The van der Waals surface area contributed by atoms with Crippen LogP contribution in [0.3, 0.4) is 0 Å². The minimum Gasteiger partial charge on any atom is -0.383 e. The van der Waals surface area contributed by atoms with Gasteiger partial charge in [-0.2, -0.15) is 5.26 Å². The molecule has 0 aromatic carbocycles. The van der Waals surface area contributed by atoms with Gasteiger partial charge in [-0.25, -0.2) is 4.98 Å². The van der Waals surface area contributed by atoms with Gasteiger partial charge >= 0.3 is 0 Å². The van der Waals surface area contributed by atoms with Gasteiger partial charge in [0.25, 0.3) is 0 Å². The summed E-state index contributed by atoms with van der Waals surface area (Å²) >= 11 is 0. The Hall–Kier alpha value is -1.56. The summed E-state index contributed by atoms with van der Waals surface area (Å²) in [5.74, 6) is 0.371. The van der Waals surface area contributed by atoms with Crippen molar-refractivity contribution >= 4 is 5.82 Å². The fourth-order valence-electron chi connectivity index (χ4n) is 2.24. The van der Waals surface area contributed by atoms with E-state index in [2.05, 4.69) is 24.9 Å². The van der Waals surface area contributed by atoms with Crippen molar-refractivity contribution < 1.29 is 0 Å². The molecule has 0 amide bonds. The number of anilines is 1. The maximum absolute atomic E-state index is 9.03. The number of rotatable bonds is 0. The van der Waals surface area contributed by atoms with Crippen molar-refractivity contribution in [3.63, 3.8) is 0 Å². The summed E-state index contributed by atoms with van der Waals surface area (Å²) in [4.78, 5) is 4.08. The van der Waals surface area contributed by atoms with Gasteiger partial charge in [-0.1, -0.05) is 13.8 Å². The normalized spacial score (nSPS) is 17.9. The molecule has 3 nitrogen and oxygen atoms in total. The van der Waals surface area contributed by atoms with Gasteiger partial charge in [0.05, 0.1) is 5.56 Å². The van der Waals surface area contributed by atoms with Crippen LogP contribution in [-0.4, -0.2) is 4.98 Å². The number of nitriles is 1. The lowest BCUT2D eigenvalue weighted by molar-refractivity contribution is 0.314. The van der Waals surface area contributed by atoms with Gasteiger partial charge in [0.1, 0.15) is 11.9 Å². The van der Waals surface area contributed by atoms with Crippen LogP contribution in [0.25, 0.3) is 0 Å². The molecular formula is C12H15N3. The molecule has 2 rings (SSSR count). The highest BCUT2D eigenvalue weighted by atomic mass is 14.8. The fraction of sp³-hybridized carbons (Fsp3) is 0.500. The number of hydrogen-bond acceptors (Lipinski definition) is 3. The topological polar surface area (TPSA) is 62.7 Å². The largest absolute Gasteiger partial charge is 0.383 e. The molecule has 1 aromatic heterocycles. The first-order valence-electron chi connectivity index (χ1n) is 5.20. The Labute approximate surface area is 89.9 Å². The molecule has 0 atom stereocenters. The predicted octanol–water partition coefficient (Wildman–Crippen LogP) is 2.05. The molecule has 0 saturated heterocycles. The number of aromatic nitrogens is 1. The Morgan fingerprint density at radius 3 is 2.93 bits per heavy atom. The van der Waals surface area contributed by atoms with Crippen LogP contribution in [0.4, 0.5) is 5.82 Å². The molecule has 1 aliphatic rings. The third-order valence-corrected chi connectivity index (χ3v) is 3.14. The van der Waals surface area contributed by atoms with Gasteiger partial charge in [-0.3, -0.25) is 0 Å². The zero-order chi connectivity index (χ0) is 11.1. The van der Waals surface area contributed by atoms with E-state index >= 15 is 0 Å². The number of pyridine rings is 1. The number of nitrogens with zero attached hydrogens (tertiary/aromatic N) is 2. The van der Waals surface area contributed by atoms with Crippen LogP contribution in [0, 0.1) is 16.7 Å². The Kier molecular flexibility index (Phi) is 2.15. The van der Waals surface area contributed by atoms with Crippen molar-refractivity contribution in [1.82, 2.24) is 4.98 Å². The predicted molar refractivity (Wildman–Crippen MR) is 59.2 cm³/mol. The zero-order valence-corrected chi connectivity index (χ0v) is 9.17. The highest BCUT2D eigenvalue weighted by Crippen LogP contribution is 2.36. The van der Waals surface area contributed by atoms with Crippen LogP contribution in [0.1, 0.15) is 37.0 Å². The molecule has 78 valence electrons. The summed E-state index contributed by atoms with van der Waals surface area (Å²) < 4.78 is 0. The first-order valence-corrected chi connectivity index (χ1v) is 5.20. The Morgan fingerprint density at radius 2 is 2.27 bits per heavy atom. The molecule has 3 heteroatoms. The molecule has 0 unspecified atom stereocenters. The van der Waals surface area contributed by atoms with Gasteiger partial charge in [-0.15, -0.1) is 0 Å². The summed E-state index contributed by atoms with van der Waals surface area (Å²) in [5.41, 5.74) is 8.90. The highest BCUT2D eigenvalue weighted by molar-refractivity contribution is 5.56. The molecule has 0 radical (unpaired) electrons. The summed E-state index contributed by atoms with van der Waals surface area (Å²) in [6.07, 6.45) is 4.87. The smallest absolute Gasteiger partial charge is 0.141 e. The van der Waals surface area contributed by atoms with Crippen molar-refractivity contribution in [2.75, 3.05) is 5.73 Å². The monoisotopic (exact) mass is 201 g/mol. The van der Waals surface area contributed by atoms with Gasteiger partial charge in [-0.05, 0) is 35.8 Å². The molecule has 0 saturated carbocycles. The maximum atomic E-state index is 9.03. The fourth-order valence-corrected chi connectivity index (χ4v) is 2.24. The van der Waals surface area contributed by atoms with Crippen LogP contribution in [0.15, 0.2) is 6.20 Å². The second-order valence-electron chi connectivity index (χ2n) is 4.98. The third-order valence-electron chi connectivity index (χ3n) is 3.14. The van der Waals surface area contributed by atoms with E-state index in [1.54, 1.807) is 0 Å². The van der Waals surface area contributed by atoms with Gasteiger partial charge in [0.2, 0.25) is 0 Å². The lowest BCUT2D eigenvalue weighted by Gasteiger charge is -2.31. The van der Waals surface area contributed by atoms with Gasteiger partial charge in [0, 0.05) is 6.20 Å². The lowest BCUT2D eigenvalue weighted by Crippen LogP contribution is -2.23. The van der Waals surface area contributed by atoms with Crippen molar-refractivity contribution in [2.45, 2.75) is 33.1 Å². The first-order chi connectivity index (χ1) is 7.03. The molecule has 15 heavy (non-hydrogen) atoms. The van der Waals surface area contributed by atoms with E-state index in [9.17, 15) is 0 Å². The SMILES string of the molecule is CC1(C)CCc2c(cnc(N)c2C#N)C1. The number of hydrogen-bond donors (Lipinski definition) is 1. The van der Waals surface area contributed by atoms with Crippen molar-refractivity contribution in [3.8, 4) is 6.07 Å². The van der Waals surface area contributed by atoms with E-state index in [0.29, 0.717) is 16.8 Å².